The highest BCUT2D eigenvalue weighted by atomic mass is 32.2. The van der Waals surface area contributed by atoms with Crippen molar-refractivity contribution in [1.82, 2.24) is 14.3 Å². The van der Waals surface area contributed by atoms with E-state index in [0.29, 0.717) is 27.6 Å². The van der Waals surface area contributed by atoms with Crippen LogP contribution in [0.15, 0.2) is 36.7 Å². The highest BCUT2D eigenvalue weighted by Crippen LogP contribution is 2.29. The maximum absolute atomic E-state index is 14.3. The van der Waals surface area contributed by atoms with Gasteiger partial charge in [-0.2, -0.15) is 0 Å². The number of sulfonamides is 1. The maximum atomic E-state index is 14.3. The Labute approximate surface area is 180 Å². The second kappa shape index (κ2) is 8.41. The molecule has 0 atom stereocenters. The Kier molecular flexibility index (Phi) is 6.22. The van der Waals surface area contributed by atoms with Gasteiger partial charge in [0.2, 0.25) is 10.0 Å². The average Bonchev–Trinajstić information content (AvgIpc) is 3.03. The van der Waals surface area contributed by atoms with Crippen molar-refractivity contribution in [3.05, 3.63) is 48.0 Å². The molecule has 11 heteroatoms. The number of rotatable bonds is 5. The number of aromatic nitrogens is 2. The third kappa shape index (κ3) is 5.49. The minimum Gasteiger partial charge on any atom is -0.449 e. The summed E-state index contributed by atoms with van der Waals surface area (Å²) in [5.41, 5.74) is 1.14. The first-order valence-corrected chi connectivity index (χ1v) is 11.2. The van der Waals surface area contributed by atoms with Crippen LogP contribution in [0.3, 0.4) is 0 Å². The van der Waals surface area contributed by atoms with Crippen molar-refractivity contribution < 1.29 is 27.4 Å². The number of halogens is 1. The van der Waals surface area contributed by atoms with Crippen LogP contribution in [0.2, 0.25) is 0 Å². The van der Waals surface area contributed by atoms with E-state index in [0.717, 1.165) is 13.7 Å². The van der Waals surface area contributed by atoms with Gasteiger partial charge in [-0.1, -0.05) is 0 Å². The first-order chi connectivity index (χ1) is 14.4. The normalized spacial score (nSPS) is 12.2. The van der Waals surface area contributed by atoms with Crippen molar-refractivity contribution in [2.24, 2.45) is 0 Å². The zero-order valence-electron chi connectivity index (χ0n) is 17.5. The molecule has 163 valence electrons. The van der Waals surface area contributed by atoms with Crippen LogP contribution in [-0.2, 0) is 21.3 Å². The number of pyridine rings is 1. The molecule has 0 bridgehead atoms. The molecule has 0 saturated carbocycles. The maximum Gasteiger partial charge on any atom is 0.418 e. The summed E-state index contributed by atoms with van der Waals surface area (Å²) < 4.78 is 45.9. The largest absolute Gasteiger partial charge is 0.449 e. The van der Waals surface area contributed by atoms with Crippen molar-refractivity contribution in [2.75, 3.05) is 6.26 Å². The fourth-order valence-electron chi connectivity index (χ4n) is 3.10. The zero-order chi connectivity index (χ0) is 23.0. The quantitative estimate of drug-likeness (QED) is 0.580. The van der Waals surface area contributed by atoms with Crippen LogP contribution < -0.4 is 10.3 Å². The van der Waals surface area contributed by atoms with E-state index < -0.39 is 27.5 Å². The summed E-state index contributed by atoms with van der Waals surface area (Å²) in [5.74, 6) is -0.555. The number of hydrogen-bond acceptors (Lipinski definition) is 6. The summed E-state index contributed by atoms with van der Waals surface area (Å²) in [6, 6.07) is 5.71. The van der Waals surface area contributed by atoms with Gasteiger partial charge in [0, 0.05) is 29.3 Å². The lowest BCUT2D eigenvalue weighted by atomic mass is 9.95. The molecular formula is C20H22BFN3O5S. The molecule has 0 aliphatic carbocycles. The van der Waals surface area contributed by atoms with Crippen molar-refractivity contribution in [1.29, 1.82) is 0 Å². The molecule has 3 rings (SSSR count). The molecule has 0 aliphatic rings. The zero-order valence-corrected chi connectivity index (χ0v) is 18.3. The molecule has 2 aromatic heterocycles. The van der Waals surface area contributed by atoms with Crippen LogP contribution in [0.1, 0.15) is 26.3 Å². The summed E-state index contributed by atoms with van der Waals surface area (Å²) in [6.45, 7) is 5.09. The van der Waals surface area contributed by atoms with Crippen molar-refractivity contribution in [3.63, 3.8) is 0 Å². The molecule has 3 aromatic rings. The van der Waals surface area contributed by atoms with Gasteiger partial charge in [0.05, 0.1) is 18.0 Å². The highest BCUT2D eigenvalue weighted by molar-refractivity contribution is 7.88. The van der Waals surface area contributed by atoms with Crippen molar-refractivity contribution >= 4 is 40.1 Å². The molecule has 0 unspecified atom stereocenters. The third-order valence-electron chi connectivity index (χ3n) is 4.27. The van der Waals surface area contributed by atoms with Crippen molar-refractivity contribution in [3.8, 4) is 11.1 Å². The topological polar surface area (TPSA) is 111 Å². The van der Waals surface area contributed by atoms with E-state index in [1.165, 1.54) is 29.1 Å². The molecule has 1 aromatic carbocycles. The summed E-state index contributed by atoms with van der Waals surface area (Å²) in [6.07, 6.45) is 3.27. The molecule has 8 nitrogen and oxygen atoms in total. The van der Waals surface area contributed by atoms with Gasteiger partial charge in [0.25, 0.3) is 0 Å². The number of carbonyl (C=O) groups excluding carboxylic acids is 1. The van der Waals surface area contributed by atoms with Gasteiger partial charge in [-0.25, -0.2) is 22.3 Å². The number of hydrogen-bond donors (Lipinski definition) is 2. The van der Waals surface area contributed by atoms with Crippen LogP contribution in [0.5, 0.6) is 0 Å². The van der Waals surface area contributed by atoms with E-state index in [1.807, 2.05) is 0 Å². The molecule has 31 heavy (non-hydrogen) atoms. The van der Waals surface area contributed by atoms with Crippen molar-refractivity contribution in [2.45, 2.75) is 32.9 Å². The molecule has 2 N–H and O–H groups in total. The predicted octanol–water partition coefficient (Wildman–Crippen LogP) is 1.91. The van der Waals surface area contributed by atoms with E-state index in [2.05, 4.69) is 9.71 Å². The second-order valence-corrected chi connectivity index (χ2v) is 9.91. The number of nitrogens with one attached hydrogen (secondary N) is 1. The minimum atomic E-state index is -3.45. The van der Waals surface area contributed by atoms with Gasteiger partial charge in [0.1, 0.15) is 11.4 Å². The molecule has 0 spiro atoms. The van der Waals surface area contributed by atoms with E-state index in [-0.39, 0.29) is 12.1 Å². The number of nitrogens with zero attached hydrogens (tertiary/aromatic N) is 2. The first-order valence-electron chi connectivity index (χ1n) is 9.33. The Morgan fingerprint density at radius 2 is 1.97 bits per heavy atom. The molecule has 0 saturated heterocycles. The van der Waals surface area contributed by atoms with E-state index in [1.54, 1.807) is 32.9 Å². The summed E-state index contributed by atoms with van der Waals surface area (Å²) in [4.78, 5) is 16.9. The first kappa shape index (κ1) is 22.9. The molecule has 0 aliphatic heterocycles. The number of fused-ring (bicyclic) bond motifs is 1. The average molecular weight is 446 g/mol. The SMILES string of the molecule is CC(C)(C)OC(=O)n1c([B]O)cc2c(-c3cc(F)cc(CNS(C)(=O)=O)c3)cncc21. The molecule has 1 radical (unpaired) electrons. The Hall–Kier alpha value is -2.76. The van der Waals surface area contributed by atoms with Crippen LogP contribution in [0.4, 0.5) is 9.18 Å². The van der Waals surface area contributed by atoms with Gasteiger partial charge >= 0.3 is 13.6 Å². The fourth-order valence-corrected chi connectivity index (χ4v) is 3.53. The van der Waals surface area contributed by atoms with Gasteiger partial charge in [-0.05, 0) is 56.2 Å². The second-order valence-electron chi connectivity index (χ2n) is 8.08. The van der Waals surface area contributed by atoms with Crippen LogP contribution in [0, 0.1) is 5.82 Å². The molecular weight excluding hydrogens is 424 g/mol. The van der Waals surface area contributed by atoms with Gasteiger partial charge in [-0.3, -0.25) is 9.55 Å². The van der Waals surface area contributed by atoms with Crippen LogP contribution in [0.25, 0.3) is 22.0 Å². The van der Waals surface area contributed by atoms with Crippen LogP contribution >= 0.6 is 0 Å². The molecule has 2 heterocycles. The standard InChI is InChI=1S/C20H22BFN3O5S/c1-20(2,3)30-19(26)25-17-11-23-10-16(15(17)8-18(25)21-27)13-5-12(6-14(22)7-13)9-24-31(4,28)29/h5-8,10-11,24,27H,9H2,1-4H3. The molecule has 0 amide bonds. The van der Waals surface area contributed by atoms with E-state index in [4.69, 9.17) is 4.74 Å². The summed E-state index contributed by atoms with van der Waals surface area (Å²) >= 11 is 0. The lowest BCUT2D eigenvalue weighted by Crippen LogP contribution is -2.34. The summed E-state index contributed by atoms with van der Waals surface area (Å²) in [5, 5.41) is 10.2. The lowest BCUT2D eigenvalue weighted by Gasteiger charge is -2.20. The Bertz CT molecular complexity index is 1250. The highest BCUT2D eigenvalue weighted by Gasteiger charge is 2.23. The van der Waals surface area contributed by atoms with Gasteiger partial charge in [0.15, 0.2) is 0 Å². The number of benzene rings is 1. The summed E-state index contributed by atoms with van der Waals surface area (Å²) in [7, 11) is -2.67. The van der Waals surface area contributed by atoms with Gasteiger partial charge < -0.3 is 9.76 Å². The Balaban J connectivity index is 2.12. The predicted molar refractivity (Wildman–Crippen MR) is 116 cm³/mol. The minimum absolute atomic E-state index is 0.0818. The van der Waals surface area contributed by atoms with E-state index in [9.17, 15) is 22.6 Å². The number of ether oxygens (including phenoxy) is 1. The Morgan fingerprint density at radius 1 is 1.26 bits per heavy atom. The smallest absolute Gasteiger partial charge is 0.418 e. The monoisotopic (exact) mass is 446 g/mol. The lowest BCUT2D eigenvalue weighted by molar-refractivity contribution is 0.0548. The third-order valence-corrected chi connectivity index (χ3v) is 4.94. The Morgan fingerprint density at radius 3 is 2.58 bits per heavy atom. The molecule has 0 fully saturated rings. The number of carbonyl (C=O) groups is 1. The van der Waals surface area contributed by atoms with Gasteiger partial charge in [-0.15, -0.1) is 0 Å². The van der Waals surface area contributed by atoms with Crippen LogP contribution in [-0.4, -0.2) is 48.4 Å². The van der Waals surface area contributed by atoms with E-state index >= 15 is 0 Å². The fraction of sp³-hybridized carbons (Fsp3) is 0.300.